The maximum atomic E-state index is 12.8. The molecule has 0 unspecified atom stereocenters. The average Bonchev–Trinajstić information content (AvgIpc) is 3.30. The molecule has 1 atom stereocenters. The highest BCUT2D eigenvalue weighted by Gasteiger charge is 2.19. The molecule has 0 aromatic carbocycles. The second-order valence-corrected chi connectivity index (χ2v) is 18.8. The molecule has 0 aliphatic carbocycles. The second kappa shape index (κ2) is 54.0. The van der Waals surface area contributed by atoms with Crippen LogP contribution in [0.4, 0.5) is 0 Å². The Morgan fingerprint density at radius 2 is 0.554 bits per heavy atom. The molecule has 0 fully saturated rings. The fraction of sp³-hybridized carbons (Fsp3) is 0.814. The molecule has 65 heavy (non-hydrogen) atoms. The molecule has 378 valence electrons. The number of unbranched alkanes of at least 4 members (excludes halogenated alkanes) is 32. The second-order valence-electron chi connectivity index (χ2n) is 18.8. The van der Waals surface area contributed by atoms with Gasteiger partial charge in [0.25, 0.3) is 0 Å². The molecule has 0 saturated heterocycles. The van der Waals surface area contributed by atoms with Gasteiger partial charge < -0.3 is 14.2 Å². The van der Waals surface area contributed by atoms with Gasteiger partial charge in [-0.15, -0.1) is 0 Å². The lowest BCUT2D eigenvalue weighted by Crippen LogP contribution is -2.30. The first-order valence-corrected chi connectivity index (χ1v) is 28.1. The summed E-state index contributed by atoms with van der Waals surface area (Å²) in [5.41, 5.74) is 0. The van der Waals surface area contributed by atoms with Gasteiger partial charge in [-0.2, -0.15) is 0 Å². The molecule has 0 aromatic rings. The molecule has 0 heterocycles. The SMILES string of the molecule is CCCCC/C=C\C/C=C\C/C=C\CCCCC(=O)O[C@H](COC(=O)CCCCCCC/C=C\CCCCCCCC)COC(=O)CCCCCCCCCCCCCCCCCCC. The summed E-state index contributed by atoms with van der Waals surface area (Å²) in [5, 5.41) is 0. The van der Waals surface area contributed by atoms with Gasteiger partial charge in [-0.05, 0) is 83.5 Å². The highest BCUT2D eigenvalue weighted by atomic mass is 16.6. The van der Waals surface area contributed by atoms with Gasteiger partial charge in [0.15, 0.2) is 6.10 Å². The number of ether oxygens (including phenoxy) is 3. The molecule has 0 amide bonds. The van der Waals surface area contributed by atoms with Gasteiger partial charge in [-0.3, -0.25) is 14.4 Å². The van der Waals surface area contributed by atoms with E-state index in [1.807, 2.05) is 0 Å². The van der Waals surface area contributed by atoms with E-state index >= 15 is 0 Å². The minimum absolute atomic E-state index is 0.0882. The lowest BCUT2D eigenvalue weighted by Gasteiger charge is -2.18. The number of hydrogen-bond acceptors (Lipinski definition) is 6. The Hall–Kier alpha value is -2.63. The molecule has 0 aliphatic heterocycles. The van der Waals surface area contributed by atoms with E-state index in [9.17, 15) is 14.4 Å². The first-order valence-electron chi connectivity index (χ1n) is 28.1. The Kier molecular flexibility index (Phi) is 51.8. The van der Waals surface area contributed by atoms with Crippen LogP contribution in [-0.4, -0.2) is 37.2 Å². The Morgan fingerprint density at radius 3 is 0.938 bits per heavy atom. The molecular weight excluding hydrogens is 805 g/mol. The van der Waals surface area contributed by atoms with Crippen molar-refractivity contribution in [2.45, 2.75) is 297 Å². The molecule has 0 spiro atoms. The summed E-state index contributed by atoms with van der Waals surface area (Å²) >= 11 is 0. The number of hydrogen-bond donors (Lipinski definition) is 0. The molecule has 0 aromatic heterocycles. The molecule has 0 N–H and O–H groups in total. The Balaban J connectivity index is 4.41. The maximum Gasteiger partial charge on any atom is 0.306 e. The lowest BCUT2D eigenvalue weighted by molar-refractivity contribution is -0.167. The van der Waals surface area contributed by atoms with Gasteiger partial charge in [0.2, 0.25) is 0 Å². The van der Waals surface area contributed by atoms with Crippen molar-refractivity contribution in [1.82, 2.24) is 0 Å². The molecule has 0 bridgehead atoms. The molecule has 6 nitrogen and oxygen atoms in total. The monoisotopic (exact) mass is 911 g/mol. The van der Waals surface area contributed by atoms with Crippen molar-refractivity contribution in [1.29, 1.82) is 0 Å². The van der Waals surface area contributed by atoms with Crippen molar-refractivity contribution in [3.8, 4) is 0 Å². The van der Waals surface area contributed by atoms with Crippen LogP contribution in [0.3, 0.4) is 0 Å². The summed E-state index contributed by atoms with van der Waals surface area (Å²) in [6.45, 7) is 6.60. The van der Waals surface area contributed by atoms with Crippen molar-refractivity contribution >= 4 is 17.9 Å². The first kappa shape index (κ1) is 62.4. The number of rotatable bonds is 51. The Morgan fingerprint density at radius 1 is 0.308 bits per heavy atom. The normalized spacial score (nSPS) is 12.4. The molecule has 0 aliphatic rings. The van der Waals surface area contributed by atoms with E-state index < -0.39 is 6.10 Å². The molecule has 0 rings (SSSR count). The summed E-state index contributed by atoms with van der Waals surface area (Å²) < 4.78 is 16.8. The van der Waals surface area contributed by atoms with Crippen molar-refractivity contribution in [2.24, 2.45) is 0 Å². The van der Waals surface area contributed by atoms with Gasteiger partial charge in [0.1, 0.15) is 13.2 Å². The van der Waals surface area contributed by atoms with E-state index in [1.54, 1.807) is 0 Å². The number of esters is 3. The maximum absolute atomic E-state index is 12.8. The average molecular weight is 911 g/mol. The third-order valence-electron chi connectivity index (χ3n) is 12.3. The largest absolute Gasteiger partial charge is 0.462 e. The topological polar surface area (TPSA) is 78.9 Å². The first-order chi connectivity index (χ1) is 32.0. The smallest absolute Gasteiger partial charge is 0.306 e. The zero-order valence-electron chi connectivity index (χ0n) is 43.3. The minimum atomic E-state index is -0.794. The van der Waals surface area contributed by atoms with Gasteiger partial charge in [0, 0.05) is 19.3 Å². The van der Waals surface area contributed by atoms with Crippen LogP contribution in [0.5, 0.6) is 0 Å². The number of carbonyl (C=O) groups excluding carboxylic acids is 3. The van der Waals surface area contributed by atoms with Crippen LogP contribution in [-0.2, 0) is 28.6 Å². The highest BCUT2D eigenvalue weighted by molar-refractivity contribution is 5.71. The van der Waals surface area contributed by atoms with Crippen LogP contribution in [0, 0.1) is 0 Å². The van der Waals surface area contributed by atoms with Crippen molar-refractivity contribution in [3.05, 3.63) is 48.6 Å². The quantitative estimate of drug-likeness (QED) is 0.0262. The van der Waals surface area contributed by atoms with Gasteiger partial charge in [-0.25, -0.2) is 0 Å². The van der Waals surface area contributed by atoms with Gasteiger partial charge in [0.05, 0.1) is 0 Å². The fourth-order valence-electron chi connectivity index (χ4n) is 8.03. The van der Waals surface area contributed by atoms with E-state index in [0.717, 1.165) is 70.6 Å². The van der Waals surface area contributed by atoms with E-state index in [4.69, 9.17) is 14.2 Å². The van der Waals surface area contributed by atoms with Crippen molar-refractivity contribution in [2.75, 3.05) is 13.2 Å². The van der Waals surface area contributed by atoms with Crippen LogP contribution in [0.2, 0.25) is 0 Å². The molecule has 0 radical (unpaired) electrons. The fourth-order valence-corrected chi connectivity index (χ4v) is 8.03. The van der Waals surface area contributed by atoms with E-state index in [1.165, 1.54) is 173 Å². The standard InChI is InChI=1S/C59H106O6/c1-4-7-10-13-16-19-22-25-28-29-32-34-37-40-43-46-49-52-58(61)64-55-56(65-59(62)53-50-47-44-41-38-35-31-27-24-21-18-15-12-9-6-3)54-63-57(60)51-48-45-42-39-36-33-30-26-23-20-17-14-11-8-5-2/h18,21,26-27,30-31,38,41,56H,4-17,19-20,22-25,28-29,32-37,39-40,42-55H2,1-3H3/b21-18-,30-26-,31-27-,41-38-/t56-/m1/s1. The van der Waals surface area contributed by atoms with Crippen molar-refractivity contribution in [3.63, 3.8) is 0 Å². The molecular formula is C59H106O6. The van der Waals surface area contributed by atoms with E-state index in [0.29, 0.717) is 19.3 Å². The zero-order chi connectivity index (χ0) is 47.2. The minimum Gasteiger partial charge on any atom is -0.462 e. The molecule has 0 saturated carbocycles. The summed E-state index contributed by atoms with van der Waals surface area (Å²) in [6, 6.07) is 0. The van der Waals surface area contributed by atoms with Crippen LogP contribution < -0.4 is 0 Å². The van der Waals surface area contributed by atoms with Crippen molar-refractivity contribution < 1.29 is 28.6 Å². The van der Waals surface area contributed by atoms with Crippen LogP contribution >= 0.6 is 0 Å². The Bertz CT molecular complexity index is 1140. The van der Waals surface area contributed by atoms with Crippen LogP contribution in [0.15, 0.2) is 48.6 Å². The van der Waals surface area contributed by atoms with Gasteiger partial charge >= 0.3 is 17.9 Å². The number of allylic oxidation sites excluding steroid dienone is 8. The number of carbonyl (C=O) groups is 3. The summed E-state index contributed by atoms with van der Waals surface area (Å²) in [5.74, 6) is -0.923. The lowest BCUT2D eigenvalue weighted by atomic mass is 10.0. The predicted octanol–water partition coefficient (Wildman–Crippen LogP) is 18.7. The Labute approximate surface area is 403 Å². The third kappa shape index (κ3) is 52.2. The summed E-state index contributed by atoms with van der Waals surface area (Å²) in [7, 11) is 0. The highest BCUT2D eigenvalue weighted by Crippen LogP contribution is 2.16. The summed E-state index contributed by atoms with van der Waals surface area (Å²) in [6.07, 6.45) is 65.3. The third-order valence-corrected chi connectivity index (χ3v) is 12.3. The van der Waals surface area contributed by atoms with Crippen LogP contribution in [0.1, 0.15) is 290 Å². The van der Waals surface area contributed by atoms with Crippen LogP contribution in [0.25, 0.3) is 0 Å². The molecule has 6 heteroatoms. The predicted molar refractivity (Wildman–Crippen MR) is 279 cm³/mol. The van der Waals surface area contributed by atoms with E-state index in [-0.39, 0.29) is 37.5 Å². The van der Waals surface area contributed by atoms with Gasteiger partial charge in [-0.1, -0.05) is 236 Å². The summed E-state index contributed by atoms with van der Waals surface area (Å²) in [4.78, 5) is 38.1. The zero-order valence-corrected chi connectivity index (χ0v) is 43.3. The van der Waals surface area contributed by atoms with E-state index in [2.05, 4.69) is 69.4 Å².